The highest BCUT2D eigenvalue weighted by Gasteiger charge is 2.15. The van der Waals surface area contributed by atoms with Crippen LogP contribution in [-0.2, 0) is 13.0 Å². The van der Waals surface area contributed by atoms with Crippen LogP contribution in [0.15, 0.2) is 103 Å². The van der Waals surface area contributed by atoms with Crippen LogP contribution in [0.2, 0.25) is 0 Å². The van der Waals surface area contributed by atoms with Gasteiger partial charge >= 0.3 is 0 Å². The molecule has 140 valence electrons. The molecular weight excluding hydrogens is 354 g/mol. The van der Waals surface area contributed by atoms with E-state index in [4.69, 9.17) is 0 Å². The first-order valence-electron chi connectivity index (χ1n) is 9.91. The number of benzene rings is 4. The van der Waals surface area contributed by atoms with Crippen molar-refractivity contribution in [3.05, 3.63) is 120 Å². The molecule has 0 amide bonds. The fourth-order valence-electron chi connectivity index (χ4n) is 4.09. The van der Waals surface area contributed by atoms with E-state index >= 15 is 0 Å². The summed E-state index contributed by atoms with van der Waals surface area (Å²) < 4.78 is 2.29. The number of hydrogen-bond acceptors (Lipinski definition) is 1. The highest BCUT2D eigenvalue weighted by atomic mass is 16.1. The number of ketones is 1. The number of nitrogens with zero attached hydrogens (tertiary/aromatic N) is 1. The van der Waals surface area contributed by atoms with Gasteiger partial charge in [-0.25, -0.2) is 0 Å². The molecule has 0 aliphatic carbocycles. The smallest absolute Gasteiger partial charge is 0.167 e. The Morgan fingerprint density at radius 1 is 0.690 bits per heavy atom. The molecule has 0 bridgehead atoms. The van der Waals surface area contributed by atoms with Crippen molar-refractivity contribution in [2.45, 2.75) is 13.0 Å². The van der Waals surface area contributed by atoms with E-state index in [1.165, 1.54) is 21.9 Å². The summed E-state index contributed by atoms with van der Waals surface area (Å²) in [7, 11) is 0. The van der Waals surface area contributed by atoms with E-state index in [0.717, 1.165) is 23.1 Å². The molecule has 0 unspecified atom stereocenters. The highest BCUT2D eigenvalue weighted by Crippen LogP contribution is 2.31. The number of aromatic nitrogens is 1. The third kappa shape index (κ3) is 3.34. The molecule has 0 aliphatic heterocycles. The van der Waals surface area contributed by atoms with E-state index in [2.05, 4.69) is 71.4 Å². The Labute approximate surface area is 170 Å². The van der Waals surface area contributed by atoms with Crippen LogP contribution in [-0.4, -0.2) is 10.4 Å². The van der Waals surface area contributed by atoms with E-state index in [-0.39, 0.29) is 5.78 Å². The van der Waals surface area contributed by atoms with E-state index in [9.17, 15) is 4.79 Å². The molecule has 0 fully saturated rings. The van der Waals surface area contributed by atoms with E-state index in [1.54, 1.807) is 0 Å². The lowest BCUT2D eigenvalue weighted by atomic mass is 10.0. The summed E-state index contributed by atoms with van der Waals surface area (Å²) in [5.74, 6) is 0.150. The Morgan fingerprint density at radius 2 is 1.38 bits per heavy atom. The Morgan fingerprint density at radius 3 is 2.17 bits per heavy atom. The summed E-state index contributed by atoms with van der Waals surface area (Å²) in [6, 6.07) is 32.8. The SMILES string of the molecule is O=C(Cc1cn(Cc2ccccc2)c2c1ccc1ccccc12)c1ccccc1. The van der Waals surface area contributed by atoms with Crippen LogP contribution < -0.4 is 0 Å². The Balaban J connectivity index is 1.64. The lowest BCUT2D eigenvalue weighted by Crippen LogP contribution is -2.03. The van der Waals surface area contributed by atoms with Gasteiger partial charge in [-0.05, 0) is 16.5 Å². The number of Topliss-reactive ketones (excluding diaryl/α,β-unsaturated/α-hetero) is 1. The molecule has 5 aromatic rings. The van der Waals surface area contributed by atoms with Gasteiger partial charge in [0.25, 0.3) is 0 Å². The first-order valence-corrected chi connectivity index (χ1v) is 9.91. The van der Waals surface area contributed by atoms with Crippen molar-refractivity contribution in [3.63, 3.8) is 0 Å². The van der Waals surface area contributed by atoms with Crippen LogP contribution >= 0.6 is 0 Å². The predicted molar refractivity (Wildman–Crippen MR) is 119 cm³/mol. The zero-order valence-corrected chi connectivity index (χ0v) is 16.1. The minimum atomic E-state index is 0.150. The largest absolute Gasteiger partial charge is 0.342 e. The lowest BCUT2D eigenvalue weighted by molar-refractivity contribution is 0.0993. The van der Waals surface area contributed by atoms with Crippen LogP contribution in [0.4, 0.5) is 0 Å². The summed E-state index contributed by atoms with van der Waals surface area (Å²) in [5.41, 5.74) is 4.29. The van der Waals surface area contributed by atoms with Crippen molar-refractivity contribution in [1.29, 1.82) is 0 Å². The van der Waals surface area contributed by atoms with Crippen LogP contribution in [0.25, 0.3) is 21.7 Å². The van der Waals surface area contributed by atoms with Gasteiger partial charge in [0.05, 0.1) is 5.52 Å². The van der Waals surface area contributed by atoms with Crippen LogP contribution in [0.5, 0.6) is 0 Å². The normalized spacial score (nSPS) is 11.2. The van der Waals surface area contributed by atoms with Gasteiger partial charge in [0.1, 0.15) is 0 Å². The van der Waals surface area contributed by atoms with Gasteiger partial charge in [-0.1, -0.05) is 97.1 Å². The van der Waals surface area contributed by atoms with E-state index in [1.807, 2.05) is 36.4 Å². The second-order valence-electron chi connectivity index (χ2n) is 7.42. The number of fused-ring (bicyclic) bond motifs is 3. The third-order valence-corrected chi connectivity index (χ3v) is 5.49. The Hall–Kier alpha value is -3.65. The zero-order chi connectivity index (χ0) is 19.6. The van der Waals surface area contributed by atoms with Crippen molar-refractivity contribution >= 4 is 27.5 Å². The fraction of sp³-hybridized carbons (Fsp3) is 0.0741. The van der Waals surface area contributed by atoms with Crippen molar-refractivity contribution in [2.24, 2.45) is 0 Å². The van der Waals surface area contributed by atoms with Gasteiger partial charge in [0.2, 0.25) is 0 Å². The number of carbonyl (C=O) groups excluding carboxylic acids is 1. The summed E-state index contributed by atoms with van der Waals surface area (Å²) in [6.45, 7) is 0.783. The maximum absolute atomic E-state index is 12.9. The number of carbonyl (C=O) groups is 1. The molecule has 0 radical (unpaired) electrons. The van der Waals surface area contributed by atoms with Crippen molar-refractivity contribution in [1.82, 2.24) is 4.57 Å². The fourth-order valence-corrected chi connectivity index (χ4v) is 4.09. The molecule has 5 rings (SSSR count). The number of rotatable bonds is 5. The maximum Gasteiger partial charge on any atom is 0.167 e. The molecule has 1 aromatic heterocycles. The molecule has 0 atom stereocenters. The molecule has 1 heterocycles. The molecule has 0 saturated heterocycles. The molecule has 0 spiro atoms. The first-order chi connectivity index (χ1) is 14.3. The van der Waals surface area contributed by atoms with Crippen molar-refractivity contribution in [3.8, 4) is 0 Å². The van der Waals surface area contributed by atoms with Crippen molar-refractivity contribution in [2.75, 3.05) is 0 Å². The topological polar surface area (TPSA) is 22.0 Å². The second kappa shape index (κ2) is 7.40. The zero-order valence-electron chi connectivity index (χ0n) is 16.1. The summed E-state index contributed by atoms with van der Waals surface area (Å²) in [5, 5.41) is 3.59. The van der Waals surface area contributed by atoms with Gasteiger partial charge < -0.3 is 4.57 Å². The molecule has 4 aromatic carbocycles. The van der Waals surface area contributed by atoms with E-state index < -0.39 is 0 Å². The molecule has 0 N–H and O–H groups in total. The van der Waals surface area contributed by atoms with Crippen LogP contribution in [0.3, 0.4) is 0 Å². The van der Waals surface area contributed by atoms with Gasteiger partial charge in [0, 0.05) is 35.5 Å². The average Bonchev–Trinajstić information content (AvgIpc) is 3.12. The lowest BCUT2D eigenvalue weighted by Gasteiger charge is -2.08. The second-order valence-corrected chi connectivity index (χ2v) is 7.42. The quantitative estimate of drug-likeness (QED) is 0.332. The van der Waals surface area contributed by atoms with Crippen molar-refractivity contribution < 1.29 is 4.79 Å². The molecule has 0 saturated carbocycles. The number of hydrogen-bond donors (Lipinski definition) is 0. The third-order valence-electron chi connectivity index (χ3n) is 5.49. The Bertz CT molecular complexity index is 1300. The maximum atomic E-state index is 12.9. The van der Waals surface area contributed by atoms with Gasteiger partial charge in [-0.2, -0.15) is 0 Å². The summed E-state index contributed by atoms with van der Waals surface area (Å²) in [4.78, 5) is 12.9. The van der Waals surface area contributed by atoms with E-state index in [0.29, 0.717) is 6.42 Å². The molecule has 0 aliphatic rings. The standard InChI is InChI=1S/C27H21NO/c29-26(22-12-5-2-6-13-22)17-23-19-28(18-20-9-3-1-4-10-20)27-24-14-8-7-11-21(24)15-16-25(23)27/h1-16,19H,17-18H2. The highest BCUT2D eigenvalue weighted by molar-refractivity contribution is 6.09. The molecule has 29 heavy (non-hydrogen) atoms. The average molecular weight is 375 g/mol. The van der Waals surface area contributed by atoms with Crippen LogP contribution in [0, 0.1) is 0 Å². The van der Waals surface area contributed by atoms with Gasteiger partial charge in [0.15, 0.2) is 5.78 Å². The first kappa shape index (κ1) is 17.4. The minimum Gasteiger partial charge on any atom is -0.342 e. The Kier molecular flexibility index (Phi) is 4.45. The summed E-state index contributed by atoms with van der Waals surface area (Å²) in [6.07, 6.45) is 2.56. The monoisotopic (exact) mass is 375 g/mol. The van der Waals surface area contributed by atoms with Crippen LogP contribution in [0.1, 0.15) is 21.5 Å². The molecule has 2 heteroatoms. The molecule has 2 nitrogen and oxygen atoms in total. The predicted octanol–water partition coefficient (Wildman–Crippen LogP) is 6.27. The van der Waals surface area contributed by atoms with Gasteiger partial charge in [-0.15, -0.1) is 0 Å². The van der Waals surface area contributed by atoms with Gasteiger partial charge in [-0.3, -0.25) is 4.79 Å². The minimum absolute atomic E-state index is 0.150. The molecular formula is C27H21NO. The summed E-state index contributed by atoms with van der Waals surface area (Å²) >= 11 is 0.